The molecule has 0 spiro atoms. The molecule has 3 rings (SSSR count). The van der Waals surface area contributed by atoms with Gasteiger partial charge >= 0.3 is 0 Å². The quantitative estimate of drug-likeness (QED) is 0.814. The third-order valence-corrected chi connectivity index (χ3v) is 5.44. The summed E-state index contributed by atoms with van der Waals surface area (Å²) in [6.07, 6.45) is 5.88. The number of rotatable bonds is 6. The zero-order valence-electron chi connectivity index (χ0n) is 13.8. The lowest BCUT2D eigenvalue weighted by Gasteiger charge is -2.31. The first kappa shape index (κ1) is 16.3. The van der Waals surface area contributed by atoms with Crippen LogP contribution in [0.4, 0.5) is 0 Å². The summed E-state index contributed by atoms with van der Waals surface area (Å²) in [6, 6.07) is 7.16. The van der Waals surface area contributed by atoms with Crippen LogP contribution < -0.4 is 4.74 Å². The van der Waals surface area contributed by atoms with Crippen molar-refractivity contribution in [3.8, 4) is 5.75 Å². The fourth-order valence-electron chi connectivity index (χ4n) is 3.09. The average Bonchev–Trinajstić information content (AvgIpc) is 3.09. The van der Waals surface area contributed by atoms with E-state index in [4.69, 9.17) is 4.74 Å². The van der Waals surface area contributed by atoms with Crippen LogP contribution >= 0.6 is 11.8 Å². The monoisotopic (exact) mass is 332 g/mol. The largest absolute Gasteiger partial charge is 0.496 e. The van der Waals surface area contributed by atoms with E-state index in [0.29, 0.717) is 12.6 Å². The summed E-state index contributed by atoms with van der Waals surface area (Å²) in [5.74, 6) is 3.48. The van der Waals surface area contributed by atoms with Crippen LogP contribution in [0.1, 0.15) is 24.0 Å². The van der Waals surface area contributed by atoms with Crippen molar-refractivity contribution in [3.63, 3.8) is 0 Å². The van der Waals surface area contributed by atoms with Crippen LogP contribution in [0.25, 0.3) is 0 Å². The van der Waals surface area contributed by atoms with Crippen LogP contribution in [0.3, 0.4) is 0 Å². The Kier molecular flexibility index (Phi) is 5.56. The Morgan fingerprint density at radius 2 is 2.17 bits per heavy atom. The van der Waals surface area contributed by atoms with Gasteiger partial charge < -0.3 is 4.74 Å². The Morgan fingerprint density at radius 1 is 1.35 bits per heavy atom. The molecule has 0 radical (unpaired) electrons. The van der Waals surface area contributed by atoms with E-state index in [9.17, 15) is 0 Å². The average molecular weight is 332 g/mol. The highest BCUT2D eigenvalue weighted by Gasteiger charge is 2.18. The number of hydrogen-bond acceptors (Lipinski definition) is 5. The van der Waals surface area contributed by atoms with Crippen molar-refractivity contribution in [2.75, 3.05) is 25.7 Å². The molecule has 2 aromatic rings. The van der Waals surface area contributed by atoms with Gasteiger partial charge in [0.15, 0.2) is 0 Å². The van der Waals surface area contributed by atoms with Crippen LogP contribution in [-0.2, 0) is 13.1 Å². The Bertz CT molecular complexity index is 611. The molecule has 2 heterocycles. The first-order valence-corrected chi connectivity index (χ1v) is 9.18. The molecule has 0 bridgehead atoms. The van der Waals surface area contributed by atoms with Crippen LogP contribution in [0, 0.1) is 0 Å². The van der Waals surface area contributed by atoms with Gasteiger partial charge in [0.05, 0.1) is 13.7 Å². The standard InChI is InChI=1S/C17H24N4OS/c1-20(16-5-7-23-8-6-16)10-14-3-4-17(22-2)15(9-14)11-21-13-18-12-19-21/h3-4,9,12-13,16H,5-8,10-11H2,1-2H3. The smallest absolute Gasteiger partial charge is 0.137 e. The summed E-state index contributed by atoms with van der Waals surface area (Å²) in [5, 5.41) is 4.19. The summed E-state index contributed by atoms with van der Waals surface area (Å²) in [4.78, 5) is 6.49. The van der Waals surface area contributed by atoms with Crippen LogP contribution in [0.5, 0.6) is 5.75 Å². The molecule has 1 aromatic carbocycles. The van der Waals surface area contributed by atoms with Gasteiger partial charge in [0.2, 0.25) is 0 Å². The second kappa shape index (κ2) is 7.84. The molecule has 6 heteroatoms. The SMILES string of the molecule is COc1ccc(CN(C)C2CCSCC2)cc1Cn1cncn1. The van der Waals surface area contributed by atoms with Gasteiger partial charge in [-0.05, 0) is 49.1 Å². The van der Waals surface area contributed by atoms with Crippen LogP contribution in [0.2, 0.25) is 0 Å². The lowest BCUT2D eigenvalue weighted by Crippen LogP contribution is -2.34. The third-order valence-electron chi connectivity index (χ3n) is 4.39. The van der Waals surface area contributed by atoms with Crippen LogP contribution in [-0.4, -0.2) is 51.4 Å². The Morgan fingerprint density at radius 3 is 2.87 bits per heavy atom. The minimum Gasteiger partial charge on any atom is -0.496 e. The Labute approximate surface area is 142 Å². The molecule has 0 amide bonds. The van der Waals surface area contributed by atoms with Gasteiger partial charge in [-0.15, -0.1) is 0 Å². The Balaban J connectivity index is 1.71. The molecule has 0 N–H and O–H groups in total. The van der Waals surface area contributed by atoms with E-state index in [0.717, 1.165) is 17.9 Å². The highest BCUT2D eigenvalue weighted by Crippen LogP contribution is 2.25. The molecule has 0 aliphatic carbocycles. The normalized spacial score (nSPS) is 16.0. The van der Waals surface area contributed by atoms with Gasteiger partial charge in [0.1, 0.15) is 18.4 Å². The van der Waals surface area contributed by atoms with Crippen molar-refractivity contribution < 1.29 is 4.74 Å². The van der Waals surface area contributed by atoms with E-state index in [-0.39, 0.29) is 0 Å². The van der Waals surface area contributed by atoms with E-state index in [1.54, 1.807) is 19.8 Å². The van der Waals surface area contributed by atoms with Crippen molar-refractivity contribution in [2.45, 2.75) is 32.0 Å². The summed E-state index contributed by atoms with van der Waals surface area (Å²) in [6.45, 7) is 1.66. The summed E-state index contributed by atoms with van der Waals surface area (Å²) in [7, 11) is 3.95. The zero-order chi connectivity index (χ0) is 16.1. The van der Waals surface area contributed by atoms with Crippen molar-refractivity contribution in [2.24, 2.45) is 0 Å². The van der Waals surface area contributed by atoms with Gasteiger partial charge in [-0.25, -0.2) is 9.67 Å². The van der Waals surface area contributed by atoms with E-state index < -0.39 is 0 Å². The maximum absolute atomic E-state index is 5.49. The molecule has 1 fully saturated rings. The van der Waals surface area contributed by atoms with Gasteiger partial charge in [-0.2, -0.15) is 16.9 Å². The number of benzene rings is 1. The number of aromatic nitrogens is 3. The number of hydrogen-bond donors (Lipinski definition) is 0. The lowest BCUT2D eigenvalue weighted by molar-refractivity contribution is 0.221. The molecule has 1 aliphatic heterocycles. The summed E-state index contributed by atoms with van der Waals surface area (Å²) >= 11 is 2.07. The summed E-state index contributed by atoms with van der Waals surface area (Å²) < 4.78 is 7.32. The van der Waals surface area contributed by atoms with Gasteiger partial charge in [-0.3, -0.25) is 4.90 Å². The highest BCUT2D eigenvalue weighted by atomic mass is 32.2. The fraction of sp³-hybridized carbons (Fsp3) is 0.529. The molecular weight excluding hydrogens is 308 g/mol. The van der Waals surface area contributed by atoms with E-state index in [2.05, 4.69) is 52.0 Å². The maximum atomic E-state index is 5.49. The predicted molar refractivity (Wildman–Crippen MR) is 93.9 cm³/mol. The van der Waals surface area contributed by atoms with E-state index >= 15 is 0 Å². The van der Waals surface area contributed by atoms with Crippen molar-refractivity contribution in [1.29, 1.82) is 0 Å². The minimum absolute atomic E-state index is 0.681. The number of ether oxygens (including phenoxy) is 1. The molecule has 1 aliphatic rings. The van der Waals surface area contributed by atoms with Crippen molar-refractivity contribution >= 4 is 11.8 Å². The first-order chi connectivity index (χ1) is 11.3. The molecule has 5 nitrogen and oxygen atoms in total. The Hall–Kier alpha value is -1.53. The number of thioether (sulfide) groups is 1. The second-order valence-electron chi connectivity index (χ2n) is 6.00. The topological polar surface area (TPSA) is 43.2 Å². The van der Waals surface area contributed by atoms with Crippen molar-refractivity contribution in [1.82, 2.24) is 19.7 Å². The van der Waals surface area contributed by atoms with Gasteiger partial charge in [-0.1, -0.05) is 6.07 Å². The molecule has 1 aromatic heterocycles. The highest BCUT2D eigenvalue weighted by molar-refractivity contribution is 7.99. The van der Waals surface area contributed by atoms with Crippen molar-refractivity contribution in [3.05, 3.63) is 42.0 Å². The molecule has 124 valence electrons. The minimum atomic E-state index is 0.681. The summed E-state index contributed by atoms with van der Waals surface area (Å²) in [5.41, 5.74) is 2.46. The number of nitrogens with zero attached hydrogens (tertiary/aromatic N) is 4. The van der Waals surface area contributed by atoms with E-state index in [1.165, 1.54) is 29.9 Å². The van der Waals surface area contributed by atoms with Gasteiger partial charge in [0.25, 0.3) is 0 Å². The molecule has 0 atom stereocenters. The zero-order valence-corrected chi connectivity index (χ0v) is 14.6. The second-order valence-corrected chi connectivity index (χ2v) is 7.22. The molecule has 1 saturated heterocycles. The molecule has 0 saturated carbocycles. The molecule has 0 unspecified atom stereocenters. The van der Waals surface area contributed by atoms with Gasteiger partial charge in [0, 0.05) is 18.2 Å². The molecule has 23 heavy (non-hydrogen) atoms. The first-order valence-electron chi connectivity index (χ1n) is 8.02. The maximum Gasteiger partial charge on any atom is 0.137 e. The van der Waals surface area contributed by atoms with Crippen LogP contribution in [0.15, 0.2) is 30.9 Å². The predicted octanol–water partition coefficient (Wildman–Crippen LogP) is 2.66. The lowest BCUT2D eigenvalue weighted by atomic mass is 10.1. The number of methoxy groups -OCH3 is 1. The molecular formula is C17H24N4OS. The fourth-order valence-corrected chi connectivity index (χ4v) is 4.17. The van der Waals surface area contributed by atoms with E-state index in [1.807, 2.05) is 4.68 Å². The third kappa shape index (κ3) is 4.26.